The van der Waals surface area contributed by atoms with Crippen molar-refractivity contribution in [2.75, 3.05) is 14.2 Å². The molecule has 20 heavy (non-hydrogen) atoms. The molecule has 0 aliphatic carbocycles. The van der Waals surface area contributed by atoms with E-state index in [1.165, 1.54) is 6.07 Å². The lowest BCUT2D eigenvalue weighted by molar-refractivity contribution is 0.413. The first-order chi connectivity index (χ1) is 9.65. The highest BCUT2D eigenvalue weighted by Gasteiger charge is 2.15. The monoisotopic (exact) mass is 277 g/mol. The Labute approximate surface area is 117 Å². The van der Waals surface area contributed by atoms with Gasteiger partial charge in [-0.2, -0.15) is 0 Å². The molecule has 0 spiro atoms. The molecule has 0 radical (unpaired) electrons. The fraction of sp³-hybridized carbons (Fsp3) is 0.250. The number of rotatable bonds is 5. The summed E-state index contributed by atoms with van der Waals surface area (Å²) in [6.45, 7) is 0. The molecule has 0 saturated heterocycles. The van der Waals surface area contributed by atoms with Crippen molar-refractivity contribution in [2.24, 2.45) is 0 Å². The van der Waals surface area contributed by atoms with Crippen molar-refractivity contribution in [3.63, 3.8) is 0 Å². The fourth-order valence-electron chi connectivity index (χ4n) is 2.17. The summed E-state index contributed by atoms with van der Waals surface area (Å²) in [7, 11) is 3.39. The number of ether oxygens (including phenoxy) is 1. The van der Waals surface area contributed by atoms with E-state index in [0.717, 1.165) is 17.4 Å². The Hall–Kier alpha value is -1.94. The van der Waals surface area contributed by atoms with Crippen LogP contribution in [0.1, 0.15) is 17.2 Å². The third kappa shape index (κ3) is 3.14. The van der Waals surface area contributed by atoms with Crippen molar-refractivity contribution in [1.82, 2.24) is 5.32 Å². The third-order valence-corrected chi connectivity index (χ3v) is 3.30. The summed E-state index contributed by atoms with van der Waals surface area (Å²) in [6.07, 6.45) is 0.368. The Bertz CT molecular complexity index is 586. The van der Waals surface area contributed by atoms with E-state index in [4.69, 9.17) is 4.74 Å². The zero-order valence-electron chi connectivity index (χ0n) is 11.5. The smallest absolute Gasteiger partial charge is 0.162 e. The van der Waals surface area contributed by atoms with Gasteiger partial charge in [0.25, 0.3) is 0 Å². The van der Waals surface area contributed by atoms with E-state index in [-0.39, 0.29) is 6.04 Å². The summed E-state index contributed by atoms with van der Waals surface area (Å²) < 4.78 is 32.2. The molecule has 1 atom stereocenters. The fourth-order valence-corrected chi connectivity index (χ4v) is 2.17. The van der Waals surface area contributed by atoms with Gasteiger partial charge in [0, 0.05) is 6.04 Å². The molecule has 0 aliphatic rings. The molecule has 0 aromatic heterocycles. The Morgan fingerprint density at radius 2 is 1.90 bits per heavy atom. The van der Waals surface area contributed by atoms with Crippen molar-refractivity contribution in [3.8, 4) is 5.75 Å². The minimum absolute atomic E-state index is 0.110. The van der Waals surface area contributed by atoms with Crippen molar-refractivity contribution >= 4 is 0 Å². The second kappa shape index (κ2) is 6.48. The zero-order chi connectivity index (χ0) is 14.5. The largest absolute Gasteiger partial charge is 0.497 e. The summed E-state index contributed by atoms with van der Waals surface area (Å²) in [5.41, 5.74) is 1.32. The molecule has 1 unspecified atom stereocenters. The standard InChI is InChI=1S/C16H17F2NO/c1-19-15(11-5-3-7-13(9-11)20-2)10-12-6-4-8-14(17)16(12)18/h3-9,15,19H,10H2,1-2H3. The van der Waals surface area contributed by atoms with Gasteiger partial charge in [-0.25, -0.2) is 8.78 Å². The van der Waals surface area contributed by atoms with Crippen LogP contribution in [0.4, 0.5) is 8.78 Å². The van der Waals surface area contributed by atoms with Gasteiger partial charge in [0.1, 0.15) is 5.75 Å². The minimum atomic E-state index is -0.817. The molecule has 2 aromatic rings. The van der Waals surface area contributed by atoms with E-state index >= 15 is 0 Å². The molecule has 0 bridgehead atoms. The van der Waals surface area contributed by atoms with Crippen molar-refractivity contribution < 1.29 is 13.5 Å². The Morgan fingerprint density at radius 1 is 1.15 bits per heavy atom. The number of hydrogen-bond acceptors (Lipinski definition) is 2. The molecule has 4 heteroatoms. The highest BCUT2D eigenvalue weighted by atomic mass is 19.2. The Morgan fingerprint density at radius 3 is 2.60 bits per heavy atom. The minimum Gasteiger partial charge on any atom is -0.497 e. The zero-order valence-corrected chi connectivity index (χ0v) is 11.5. The second-order valence-electron chi connectivity index (χ2n) is 4.53. The predicted octanol–water partition coefficient (Wildman–Crippen LogP) is 3.48. The highest BCUT2D eigenvalue weighted by molar-refractivity contribution is 5.32. The van der Waals surface area contributed by atoms with Crippen molar-refractivity contribution in [2.45, 2.75) is 12.5 Å². The van der Waals surface area contributed by atoms with E-state index in [1.807, 2.05) is 24.3 Å². The van der Waals surface area contributed by atoms with Gasteiger partial charge in [0.2, 0.25) is 0 Å². The lowest BCUT2D eigenvalue weighted by Gasteiger charge is -2.18. The van der Waals surface area contributed by atoms with Gasteiger partial charge in [0.15, 0.2) is 11.6 Å². The van der Waals surface area contributed by atoms with Gasteiger partial charge in [-0.3, -0.25) is 0 Å². The summed E-state index contributed by atoms with van der Waals surface area (Å²) >= 11 is 0. The van der Waals surface area contributed by atoms with Gasteiger partial charge >= 0.3 is 0 Å². The maximum atomic E-state index is 13.7. The molecular formula is C16H17F2NO. The molecule has 1 N–H and O–H groups in total. The third-order valence-electron chi connectivity index (χ3n) is 3.30. The molecule has 2 nitrogen and oxygen atoms in total. The van der Waals surface area contributed by atoms with Crippen LogP contribution >= 0.6 is 0 Å². The lowest BCUT2D eigenvalue weighted by Crippen LogP contribution is -2.19. The van der Waals surface area contributed by atoms with E-state index in [2.05, 4.69) is 5.32 Å². The molecule has 0 aliphatic heterocycles. The number of nitrogens with one attached hydrogen (secondary N) is 1. The summed E-state index contributed by atoms with van der Waals surface area (Å²) in [4.78, 5) is 0. The van der Waals surface area contributed by atoms with Gasteiger partial charge in [0.05, 0.1) is 7.11 Å². The van der Waals surface area contributed by atoms with E-state index < -0.39 is 11.6 Å². The lowest BCUT2D eigenvalue weighted by atomic mass is 9.98. The first-order valence-electron chi connectivity index (χ1n) is 6.39. The average molecular weight is 277 g/mol. The molecular weight excluding hydrogens is 260 g/mol. The van der Waals surface area contributed by atoms with E-state index in [9.17, 15) is 8.78 Å². The van der Waals surface area contributed by atoms with Gasteiger partial charge in [-0.05, 0) is 42.8 Å². The van der Waals surface area contributed by atoms with Crippen molar-refractivity contribution in [3.05, 3.63) is 65.2 Å². The SMILES string of the molecule is CNC(Cc1cccc(F)c1F)c1cccc(OC)c1. The van der Waals surface area contributed by atoms with Crippen LogP contribution in [0.3, 0.4) is 0 Å². The van der Waals surface area contributed by atoms with Gasteiger partial charge in [-0.15, -0.1) is 0 Å². The van der Waals surface area contributed by atoms with Crippen LogP contribution in [-0.2, 0) is 6.42 Å². The van der Waals surface area contributed by atoms with Crippen LogP contribution < -0.4 is 10.1 Å². The van der Waals surface area contributed by atoms with Crippen LogP contribution in [0, 0.1) is 11.6 Å². The summed E-state index contributed by atoms with van der Waals surface area (Å²) in [5.74, 6) is -0.860. The van der Waals surface area contributed by atoms with Crippen LogP contribution in [0.25, 0.3) is 0 Å². The van der Waals surface area contributed by atoms with Crippen LogP contribution in [0.2, 0.25) is 0 Å². The Balaban J connectivity index is 2.26. The maximum absolute atomic E-state index is 13.7. The normalized spacial score (nSPS) is 12.2. The topological polar surface area (TPSA) is 21.3 Å². The summed E-state index contributed by atoms with van der Waals surface area (Å²) in [6, 6.07) is 11.7. The number of hydrogen-bond donors (Lipinski definition) is 1. The van der Waals surface area contributed by atoms with E-state index in [1.54, 1.807) is 20.2 Å². The van der Waals surface area contributed by atoms with Crippen LogP contribution in [0.5, 0.6) is 5.75 Å². The predicted molar refractivity (Wildman–Crippen MR) is 74.9 cm³/mol. The molecule has 2 rings (SSSR count). The Kier molecular flexibility index (Phi) is 4.69. The molecule has 0 amide bonds. The maximum Gasteiger partial charge on any atom is 0.162 e. The quantitative estimate of drug-likeness (QED) is 0.903. The highest BCUT2D eigenvalue weighted by Crippen LogP contribution is 2.24. The first kappa shape index (κ1) is 14.5. The average Bonchev–Trinajstić information content (AvgIpc) is 2.49. The number of likely N-dealkylation sites (N-methyl/N-ethyl adjacent to an activating group) is 1. The number of halogens is 2. The summed E-state index contributed by atoms with van der Waals surface area (Å²) in [5, 5.41) is 3.12. The molecule has 0 fully saturated rings. The van der Waals surface area contributed by atoms with Crippen LogP contribution in [-0.4, -0.2) is 14.2 Å². The second-order valence-corrected chi connectivity index (χ2v) is 4.53. The van der Waals surface area contributed by atoms with Gasteiger partial charge in [-0.1, -0.05) is 24.3 Å². The molecule has 0 saturated carbocycles. The number of benzene rings is 2. The molecule has 0 heterocycles. The molecule has 2 aromatic carbocycles. The van der Waals surface area contributed by atoms with Crippen molar-refractivity contribution in [1.29, 1.82) is 0 Å². The van der Waals surface area contributed by atoms with Gasteiger partial charge < -0.3 is 10.1 Å². The van der Waals surface area contributed by atoms with E-state index in [0.29, 0.717) is 12.0 Å². The van der Waals surface area contributed by atoms with Crippen LogP contribution in [0.15, 0.2) is 42.5 Å². The molecule has 106 valence electrons. The number of methoxy groups -OCH3 is 1. The first-order valence-corrected chi connectivity index (χ1v) is 6.39.